The Morgan fingerprint density at radius 3 is 2.48 bits per heavy atom. The van der Waals surface area contributed by atoms with E-state index in [0.29, 0.717) is 22.5 Å². The van der Waals surface area contributed by atoms with Crippen molar-refractivity contribution in [2.75, 3.05) is 11.9 Å². The van der Waals surface area contributed by atoms with Crippen molar-refractivity contribution >= 4 is 50.1 Å². The van der Waals surface area contributed by atoms with Crippen molar-refractivity contribution in [2.45, 2.75) is 32.6 Å². The predicted molar refractivity (Wildman–Crippen MR) is 122 cm³/mol. The maximum Gasteiger partial charge on any atom is 0.341 e. The fourth-order valence-corrected chi connectivity index (χ4v) is 6.21. The first-order chi connectivity index (χ1) is 14.9. The Labute approximate surface area is 193 Å². The zero-order valence-electron chi connectivity index (χ0n) is 17.1. The molecule has 2 aliphatic rings. The Bertz CT molecular complexity index is 1000. The molecule has 164 valence electrons. The number of hydrogen-bond acceptors (Lipinski definition) is 5. The molecule has 0 aliphatic heterocycles. The number of carboxylic acids is 1. The summed E-state index contributed by atoms with van der Waals surface area (Å²) in [6.07, 6.45) is 3.23. The lowest BCUT2D eigenvalue weighted by Gasteiger charge is -2.27. The van der Waals surface area contributed by atoms with E-state index in [1.165, 1.54) is 11.3 Å². The number of carbonyl (C=O) groups excluding carboxylic acids is 2. The normalized spacial score (nSPS) is 24.2. The molecule has 4 atom stereocenters. The summed E-state index contributed by atoms with van der Waals surface area (Å²) in [7, 11) is 0. The second kappa shape index (κ2) is 9.12. The third kappa shape index (κ3) is 4.28. The molecule has 0 unspecified atom stereocenters. The molecule has 31 heavy (non-hydrogen) atoms. The molecule has 1 heterocycles. The molecule has 1 aromatic heterocycles. The van der Waals surface area contributed by atoms with Gasteiger partial charge in [-0.25, -0.2) is 4.79 Å². The summed E-state index contributed by atoms with van der Waals surface area (Å²) in [5, 5.41) is 14.8. The number of anilines is 1. The average Bonchev–Trinajstić information content (AvgIpc) is 3.47. The summed E-state index contributed by atoms with van der Waals surface area (Å²) in [6, 6.07) is 7.56. The molecule has 2 fully saturated rings. The van der Waals surface area contributed by atoms with E-state index in [0.717, 1.165) is 29.3 Å². The van der Waals surface area contributed by atoms with Crippen LogP contribution in [-0.4, -0.2) is 29.6 Å². The van der Waals surface area contributed by atoms with Gasteiger partial charge in [-0.1, -0.05) is 35.0 Å². The fraction of sp³-hybridized carbons (Fsp3) is 0.435. The largest absolute Gasteiger partial charge is 0.481 e. The van der Waals surface area contributed by atoms with E-state index in [9.17, 15) is 19.5 Å². The van der Waals surface area contributed by atoms with Crippen LogP contribution in [0.15, 0.2) is 34.1 Å². The van der Waals surface area contributed by atoms with E-state index in [-0.39, 0.29) is 24.3 Å². The molecule has 2 aromatic rings. The van der Waals surface area contributed by atoms with Crippen molar-refractivity contribution in [1.82, 2.24) is 0 Å². The zero-order valence-corrected chi connectivity index (χ0v) is 19.5. The summed E-state index contributed by atoms with van der Waals surface area (Å²) in [4.78, 5) is 37.9. The number of rotatable bonds is 7. The fourth-order valence-electron chi connectivity index (χ4n) is 4.98. The highest BCUT2D eigenvalue weighted by Gasteiger charge is 2.54. The molecule has 0 spiro atoms. The Balaban J connectivity index is 1.64. The summed E-state index contributed by atoms with van der Waals surface area (Å²) in [5.41, 5.74) is 1.85. The topological polar surface area (TPSA) is 92.7 Å². The van der Waals surface area contributed by atoms with Gasteiger partial charge in [0.1, 0.15) is 10.6 Å². The number of carboxylic acid groups (broad SMARTS) is 1. The molecule has 2 N–H and O–H groups in total. The number of benzene rings is 1. The first-order valence-corrected chi connectivity index (χ1v) is 12.2. The van der Waals surface area contributed by atoms with Crippen molar-refractivity contribution in [2.24, 2.45) is 23.7 Å². The van der Waals surface area contributed by atoms with E-state index in [4.69, 9.17) is 4.74 Å². The van der Waals surface area contributed by atoms with Gasteiger partial charge in [-0.05, 0) is 55.2 Å². The van der Waals surface area contributed by atoms with Crippen LogP contribution in [-0.2, 0) is 14.3 Å². The van der Waals surface area contributed by atoms with E-state index in [1.807, 2.05) is 36.6 Å². The van der Waals surface area contributed by atoms with Crippen molar-refractivity contribution in [3.63, 3.8) is 0 Å². The van der Waals surface area contributed by atoms with Crippen LogP contribution < -0.4 is 5.32 Å². The third-order valence-electron chi connectivity index (χ3n) is 6.33. The highest BCUT2D eigenvalue weighted by molar-refractivity contribution is 9.10. The van der Waals surface area contributed by atoms with Crippen molar-refractivity contribution in [3.05, 3.63) is 39.7 Å². The van der Waals surface area contributed by atoms with Gasteiger partial charge in [-0.3, -0.25) is 9.59 Å². The number of esters is 1. The van der Waals surface area contributed by atoms with Gasteiger partial charge in [0.25, 0.3) is 0 Å². The number of amides is 1. The lowest BCUT2D eigenvalue weighted by atomic mass is 9.79. The molecule has 1 aromatic carbocycles. The number of nitrogens with one attached hydrogen (secondary N) is 1. The lowest BCUT2D eigenvalue weighted by Crippen LogP contribution is -2.38. The van der Waals surface area contributed by atoms with Gasteiger partial charge in [-0.2, -0.15) is 0 Å². The summed E-state index contributed by atoms with van der Waals surface area (Å²) >= 11 is 4.68. The molecular weight excluding hydrogens is 482 g/mol. The monoisotopic (exact) mass is 505 g/mol. The second-order valence-corrected chi connectivity index (χ2v) is 10.0. The van der Waals surface area contributed by atoms with Crippen molar-refractivity contribution in [1.29, 1.82) is 0 Å². The number of hydrogen-bond donors (Lipinski definition) is 2. The SMILES string of the molecule is CCCOC(=O)c1c(-c2ccc(Br)cc2)csc1NC(=O)[C@@H]1[C@H]2CC[C@@H](C2)[C@@H]1C(=O)O. The van der Waals surface area contributed by atoms with E-state index >= 15 is 0 Å². The molecule has 0 saturated heterocycles. The zero-order chi connectivity index (χ0) is 22.1. The van der Waals surface area contributed by atoms with Gasteiger partial charge < -0.3 is 15.2 Å². The molecule has 6 nitrogen and oxygen atoms in total. The Kier molecular flexibility index (Phi) is 6.48. The van der Waals surface area contributed by atoms with Gasteiger partial charge in [0, 0.05) is 15.4 Å². The molecular formula is C23H24BrNO5S. The van der Waals surface area contributed by atoms with Crippen molar-refractivity contribution < 1.29 is 24.2 Å². The highest BCUT2D eigenvalue weighted by Crippen LogP contribution is 2.53. The average molecular weight is 506 g/mol. The molecule has 8 heteroatoms. The standard InChI is InChI=1S/C23H24BrNO5S/c1-2-9-30-23(29)19-16(12-5-7-15(24)8-6-12)11-31-21(19)25-20(26)17-13-3-4-14(10-13)18(17)22(27)28/h5-8,11,13-14,17-18H,2-4,9-10H2,1H3,(H,25,26)(H,27,28)/t13-,14-,17+,18-/m0/s1. The van der Waals surface area contributed by atoms with Gasteiger partial charge in [0.2, 0.25) is 5.91 Å². The molecule has 1 amide bonds. The minimum Gasteiger partial charge on any atom is -0.481 e. The molecule has 0 radical (unpaired) electrons. The quantitative estimate of drug-likeness (QED) is 0.489. The number of halogens is 1. The first kappa shape index (κ1) is 22.0. The predicted octanol–water partition coefficient (Wildman–Crippen LogP) is 5.43. The highest BCUT2D eigenvalue weighted by atomic mass is 79.9. The van der Waals surface area contributed by atoms with Crippen molar-refractivity contribution in [3.8, 4) is 11.1 Å². The van der Waals surface area contributed by atoms with Crippen LogP contribution in [0, 0.1) is 23.7 Å². The first-order valence-electron chi connectivity index (χ1n) is 10.5. The lowest BCUT2D eigenvalue weighted by molar-refractivity contribution is -0.148. The summed E-state index contributed by atoms with van der Waals surface area (Å²) in [5.74, 6) is -2.76. The van der Waals surface area contributed by atoms with Gasteiger partial charge in [0.15, 0.2) is 0 Å². The minimum absolute atomic E-state index is 0.0638. The van der Waals surface area contributed by atoms with Gasteiger partial charge in [0.05, 0.1) is 18.4 Å². The van der Waals surface area contributed by atoms with Crippen LogP contribution >= 0.6 is 27.3 Å². The van der Waals surface area contributed by atoms with Crippen LogP contribution in [0.2, 0.25) is 0 Å². The Morgan fingerprint density at radius 1 is 1.16 bits per heavy atom. The van der Waals surface area contributed by atoms with Crippen LogP contribution in [0.5, 0.6) is 0 Å². The summed E-state index contributed by atoms with van der Waals surface area (Å²) in [6.45, 7) is 2.20. The van der Waals surface area contributed by atoms with E-state index in [2.05, 4.69) is 21.2 Å². The maximum absolute atomic E-state index is 13.2. The molecule has 2 saturated carbocycles. The third-order valence-corrected chi connectivity index (χ3v) is 7.75. The van der Waals surface area contributed by atoms with Crippen LogP contribution in [0.1, 0.15) is 43.0 Å². The number of thiophene rings is 1. The molecule has 2 aliphatic carbocycles. The van der Waals surface area contributed by atoms with Crippen LogP contribution in [0.4, 0.5) is 5.00 Å². The number of carbonyl (C=O) groups is 3. The molecule has 4 rings (SSSR count). The van der Waals surface area contributed by atoms with Gasteiger partial charge in [-0.15, -0.1) is 11.3 Å². The van der Waals surface area contributed by atoms with Crippen LogP contribution in [0.3, 0.4) is 0 Å². The maximum atomic E-state index is 13.2. The number of aliphatic carboxylic acids is 1. The smallest absolute Gasteiger partial charge is 0.341 e. The van der Waals surface area contributed by atoms with E-state index in [1.54, 1.807) is 0 Å². The van der Waals surface area contributed by atoms with Crippen LogP contribution in [0.25, 0.3) is 11.1 Å². The molecule has 2 bridgehead atoms. The Hall–Kier alpha value is -2.19. The number of ether oxygens (including phenoxy) is 1. The minimum atomic E-state index is -0.906. The van der Waals surface area contributed by atoms with Gasteiger partial charge >= 0.3 is 11.9 Å². The second-order valence-electron chi connectivity index (χ2n) is 8.21. The Morgan fingerprint density at radius 2 is 1.84 bits per heavy atom. The number of fused-ring (bicyclic) bond motifs is 2. The summed E-state index contributed by atoms with van der Waals surface area (Å²) < 4.78 is 6.31. The van der Waals surface area contributed by atoms with E-state index < -0.39 is 23.8 Å².